The fourth-order valence-corrected chi connectivity index (χ4v) is 2.37. The standard InChI is InChI=1S/C11H13Br2NO/c1-4-7(2)14-10-6-11(15-3)9(13)5-8(10)12/h4-7,14H,1H2,2-3H3. The summed E-state index contributed by atoms with van der Waals surface area (Å²) in [6.45, 7) is 5.76. The van der Waals surface area contributed by atoms with E-state index in [9.17, 15) is 0 Å². The third-order valence-corrected chi connectivity index (χ3v) is 3.25. The predicted octanol–water partition coefficient (Wildman–Crippen LogP) is 4.21. The third kappa shape index (κ3) is 3.24. The van der Waals surface area contributed by atoms with Crippen LogP contribution in [0.25, 0.3) is 0 Å². The molecule has 0 saturated carbocycles. The second kappa shape index (κ2) is 5.56. The number of rotatable bonds is 4. The molecule has 0 spiro atoms. The molecule has 0 aliphatic carbocycles. The quantitative estimate of drug-likeness (QED) is 0.833. The van der Waals surface area contributed by atoms with Crippen molar-refractivity contribution >= 4 is 37.5 Å². The maximum atomic E-state index is 5.22. The summed E-state index contributed by atoms with van der Waals surface area (Å²) in [7, 11) is 1.65. The van der Waals surface area contributed by atoms with Gasteiger partial charge >= 0.3 is 0 Å². The first-order valence-electron chi connectivity index (χ1n) is 4.50. The summed E-state index contributed by atoms with van der Waals surface area (Å²) in [6, 6.07) is 4.11. The third-order valence-electron chi connectivity index (χ3n) is 1.98. The van der Waals surface area contributed by atoms with Crippen LogP contribution in [0.5, 0.6) is 5.75 Å². The normalized spacial score (nSPS) is 12.0. The Kier molecular flexibility index (Phi) is 4.67. The lowest BCUT2D eigenvalue weighted by atomic mass is 10.2. The lowest BCUT2D eigenvalue weighted by Crippen LogP contribution is -2.11. The number of hydrogen-bond acceptors (Lipinski definition) is 2. The highest BCUT2D eigenvalue weighted by atomic mass is 79.9. The van der Waals surface area contributed by atoms with Crippen molar-refractivity contribution in [1.82, 2.24) is 0 Å². The summed E-state index contributed by atoms with van der Waals surface area (Å²) in [4.78, 5) is 0. The fourth-order valence-electron chi connectivity index (χ4n) is 1.10. The van der Waals surface area contributed by atoms with Crippen LogP contribution in [-0.2, 0) is 0 Å². The highest BCUT2D eigenvalue weighted by Crippen LogP contribution is 2.34. The van der Waals surface area contributed by atoms with Gasteiger partial charge in [-0.15, -0.1) is 6.58 Å². The number of nitrogens with one attached hydrogen (secondary N) is 1. The summed E-state index contributed by atoms with van der Waals surface area (Å²) >= 11 is 6.91. The van der Waals surface area contributed by atoms with Crippen molar-refractivity contribution in [2.75, 3.05) is 12.4 Å². The van der Waals surface area contributed by atoms with E-state index in [0.29, 0.717) is 0 Å². The van der Waals surface area contributed by atoms with Crippen LogP contribution in [0.1, 0.15) is 6.92 Å². The van der Waals surface area contributed by atoms with Gasteiger partial charge in [0.05, 0.1) is 17.3 Å². The Morgan fingerprint density at radius 3 is 2.60 bits per heavy atom. The number of anilines is 1. The molecule has 0 heterocycles. The molecule has 1 N–H and O–H groups in total. The molecule has 0 saturated heterocycles. The second-order valence-electron chi connectivity index (χ2n) is 3.14. The first-order chi connectivity index (χ1) is 7.08. The van der Waals surface area contributed by atoms with E-state index in [-0.39, 0.29) is 6.04 Å². The van der Waals surface area contributed by atoms with E-state index in [1.54, 1.807) is 7.11 Å². The Hall–Kier alpha value is -0.480. The maximum absolute atomic E-state index is 5.22. The van der Waals surface area contributed by atoms with Gasteiger partial charge < -0.3 is 10.1 Å². The monoisotopic (exact) mass is 333 g/mol. The van der Waals surface area contributed by atoms with Crippen molar-refractivity contribution < 1.29 is 4.74 Å². The molecular formula is C11H13Br2NO. The van der Waals surface area contributed by atoms with Gasteiger partial charge in [-0.2, -0.15) is 0 Å². The van der Waals surface area contributed by atoms with Crippen LogP contribution < -0.4 is 10.1 Å². The van der Waals surface area contributed by atoms with Crippen LogP contribution in [0, 0.1) is 0 Å². The number of ether oxygens (including phenoxy) is 1. The highest BCUT2D eigenvalue weighted by molar-refractivity contribution is 9.11. The van der Waals surface area contributed by atoms with Crippen LogP contribution >= 0.6 is 31.9 Å². The Bertz CT molecular complexity index is 366. The Balaban J connectivity index is 3.01. The van der Waals surface area contributed by atoms with Crippen molar-refractivity contribution in [2.24, 2.45) is 0 Å². The largest absolute Gasteiger partial charge is 0.495 e. The van der Waals surface area contributed by atoms with Crippen molar-refractivity contribution in [3.63, 3.8) is 0 Å². The average Bonchev–Trinajstić information content (AvgIpc) is 2.21. The van der Waals surface area contributed by atoms with Crippen LogP contribution in [0.15, 0.2) is 33.7 Å². The SMILES string of the molecule is C=CC(C)Nc1cc(OC)c(Br)cc1Br. The van der Waals surface area contributed by atoms with E-state index >= 15 is 0 Å². The molecule has 1 atom stereocenters. The Labute approximate surface area is 107 Å². The average molecular weight is 335 g/mol. The lowest BCUT2D eigenvalue weighted by molar-refractivity contribution is 0.412. The van der Waals surface area contributed by atoms with E-state index in [0.717, 1.165) is 20.4 Å². The van der Waals surface area contributed by atoms with E-state index in [1.807, 2.05) is 25.1 Å². The smallest absolute Gasteiger partial charge is 0.135 e. The molecule has 1 unspecified atom stereocenters. The first kappa shape index (κ1) is 12.6. The Morgan fingerprint density at radius 2 is 2.07 bits per heavy atom. The number of halogens is 2. The van der Waals surface area contributed by atoms with Gasteiger partial charge in [-0.05, 0) is 44.8 Å². The van der Waals surface area contributed by atoms with Crippen LogP contribution in [0.3, 0.4) is 0 Å². The molecule has 0 radical (unpaired) electrons. The molecule has 15 heavy (non-hydrogen) atoms. The minimum Gasteiger partial charge on any atom is -0.495 e. The molecule has 0 fully saturated rings. The predicted molar refractivity (Wildman–Crippen MR) is 71.7 cm³/mol. The summed E-state index contributed by atoms with van der Waals surface area (Å²) in [6.07, 6.45) is 1.85. The van der Waals surface area contributed by atoms with Gasteiger partial charge in [0.25, 0.3) is 0 Å². The Morgan fingerprint density at radius 1 is 1.40 bits per heavy atom. The molecular weight excluding hydrogens is 322 g/mol. The molecule has 0 aromatic heterocycles. The molecule has 82 valence electrons. The zero-order chi connectivity index (χ0) is 11.4. The van der Waals surface area contributed by atoms with Crippen LogP contribution in [0.2, 0.25) is 0 Å². The minimum absolute atomic E-state index is 0.215. The van der Waals surface area contributed by atoms with Crippen LogP contribution in [-0.4, -0.2) is 13.2 Å². The van der Waals surface area contributed by atoms with E-state index in [4.69, 9.17) is 4.74 Å². The molecule has 1 aromatic rings. The molecule has 0 aliphatic rings. The number of hydrogen-bond donors (Lipinski definition) is 1. The van der Waals surface area contributed by atoms with Crippen molar-refractivity contribution in [2.45, 2.75) is 13.0 Å². The zero-order valence-corrected chi connectivity index (χ0v) is 11.9. The molecule has 2 nitrogen and oxygen atoms in total. The number of benzene rings is 1. The maximum Gasteiger partial charge on any atom is 0.135 e. The minimum atomic E-state index is 0.215. The summed E-state index contributed by atoms with van der Waals surface area (Å²) in [5.74, 6) is 0.803. The topological polar surface area (TPSA) is 21.3 Å². The molecule has 0 aliphatic heterocycles. The molecule has 1 rings (SSSR count). The van der Waals surface area contributed by atoms with Gasteiger partial charge in [0.1, 0.15) is 5.75 Å². The van der Waals surface area contributed by atoms with Gasteiger partial charge in [0.2, 0.25) is 0 Å². The van der Waals surface area contributed by atoms with E-state index in [1.165, 1.54) is 0 Å². The van der Waals surface area contributed by atoms with Gasteiger partial charge in [-0.1, -0.05) is 6.08 Å². The molecule has 1 aromatic carbocycles. The molecule has 0 bridgehead atoms. The fraction of sp³-hybridized carbons (Fsp3) is 0.273. The lowest BCUT2D eigenvalue weighted by Gasteiger charge is -2.14. The molecule has 4 heteroatoms. The van der Waals surface area contributed by atoms with Gasteiger partial charge in [-0.25, -0.2) is 0 Å². The number of methoxy groups -OCH3 is 1. The van der Waals surface area contributed by atoms with Crippen LogP contribution in [0.4, 0.5) is 5.69 Å². The zero-order valence-electron chi connectivity index (χ0n) is 8.68. The van der Waals surface area contributed by atoms with Crippen molar-refractivity contribution in [3.8, 4) is 5.75 Å². The summed E-state index contributed by atoms with van der Waals surface area (Å²) in [5, 5.41) is 3.30. The first-order valence-corrected chi connectivity index (χ1v) is 6.09. The highest BCUT2D eigenvalue weighted by Gasteiger charge is 2.07. The van der Waals surface area contributed by atoms with E-state index in [2.05, 4.69) is 43.8 Å². The molecule has 0 amide bonds. The van der Waals surface area contributed by atoms with Crippen molar-refractivity contribution in [3.05, 3.63) is 33.7 Å². The van der Waals surface area contributed by atoms with Crippen molar-refractivity contribution in [1.29, 1.82) is 0 Å². The van der Waals surface area contributed by atoms with Gasteiger partial charge in [0.15, 0.2) is 0 Å². The van der Waals surface area contributed by atoms with Gasteiger partial charge in [0, 0.05) is 16.6 Å². The summed E-state index contributed by atoms with van der Waals surface area (Å²) in [5.41, 5.74) is 0.988. The second-order valence-corrected chi connectivity index (χ2v) is 4.84. The van der Waals surface area contributed by atoms with Gasteiger partial charge in [-0.3, -0.25) is 0 Å². The summed E-state index contributed by atoms with van der Waals surface area (Å²) < 4.78 is 7.14. The van der Waals surface area contributed by atoms with E-state index < -0.39 is 0 Å².